The van der Waals surface area contributed by atoms with Crippen LogP contribution < -0.4 is 14.9 Å². The quantitative estimate of drug-likeness (QED) is 0.180. The van der Waals surface area contributed by atoms with E-state index in [1.165, 1.54) is 4.31 Å². The molecule has 0 aliphatic carbocycles. The average Bonchev–Trinajstić information content (AvgIpc) is 3.18. The minimum atomic E-state index is -4.07. The Balaban J connectivity index is 0.00000308. The van der Waals surface area contributed by atoms with E-state index in [0.29, 0.717) is 17.1 Å². The van der Waals surface area contributed by atoms with Gasteiger partial charge in [-0.1, -0.05) is 24.3 Å². The summed E-state index contributed by atoms with van der Waals surface area (Å²) in [6, 6.07) is 18.4. The van der Waals surface area contributed by atoms with Crippen molar-refractivity contribution in [2.24, 2.45) is 5.73 Å². The van der Waals surface area contributed by atoms with E-state index in [1.807, 2.05) is 36.4 Å². The minimum Gasteiger partial charge on any atom is -0.465 e. The first-order chi connectivity index (χ1) is 19.1. The predicted octanol–water partition coefficient (Wildman–Crippen LogP) is 4.38. The molecule has 1 heterocycles. The molecule has 228 valence electrons. The third-order valence-electron chi connectivity index (χ3n) is 6.96. The minimum absolute atomic E-state index is 0. The maximum absolute atomic E-state index is 13.5. The van der Waals surface area contributed by atoms with Gasteiger partial charge in [0.2, 0.25) is 10.0 Å². The first kappa shape index (κ1) is 34.7. The number of hydrogen-bond donors (Lipinski definition) is 3. The maximum atomic E-state index is 13.5. The number of hydrogen-bond acceptors (Lipinski definition) is 7. The number of nitrogens with one attached hydrogen (secondary N) is 2. The molecule has 0 radical (unpaired) electrons. The van der Waals surface area contributed by atoms with Gasteiger partial charge < -0.3 is 20.3 Å². The van der Waals surface area contributed by atoms with Gasteiger partial charge in [-0.25, -0.2) is 8.42 Å². The van der Waals surface area contributed by atoms with Crippen molar-refractivity contribution in [3.63, 3.8) is 0 Å². The highest BCUT2D eigenvalue weighted by molar-refractivity contribution is 7.93. The number of nitrogens with two attached hydrogens (primary N) is 1. The summed E-state index contributed by atoms with van der Waals surface area (Å²) >= 11 is 0. The molecule has 3 aromatic carbocycles. The summed E-state index contributed by atoms with van der Waals surface area (Å²) in [5, 5.41) is 17.4. The van der Waals surface area contributed by atoms with Crippen LogP contribution in [0, 0.1) is 10.8 Å². The van der Waals surface area contributed by atoms with Crippen molar-refractivity contribution in [3.8, 4) is 0 Å². The Morgan fingerprint density at radius 2 is 1.64 bits per heavy atom. The van der Waals surface area contributed by atoms with Gasteiger partial charge >= 0.3 is 5.97 Å². The van der Waals surface area contributed by atoms with Gasteiger partial charge in [-0.3, -0.25) is 19.9 Å². The second kappa shape index (κ2) is 15.1. The molecule has 0 unspecified atom stereocenters. The highest BCUT2D eigenvalue weighted by atomic mass is 35.5. The predicted molar refractivity (Wildman–Crippen MR) is 174 cm³/mol. The summed E-state index contributed by atoms with van der Waals surface area (Å²) in [5.41, 5.74) is 8.38. The molecule has 1 aliphatic rings. The molecule has 1 aliphatic heterocycles. The van der Waals surface area contributed by atoms with Crippen molar-refractivity contribution >= 4 is 74.6 Å². The largest absolute Gasteiger partial charge is 0.465 e. The molecule has 1 saturated heterocycles. The summed E-state index contributed by atoms with van der Waals surface area (Å²) < 4.78 is 33.2. The van der Waals surface area contributed by atoms with Crippen molar-refractivity contribution < 1.29 is 17.9 Å². The van der Waals surface area contributed by atoms with Crippen LogP contribution in [0.5, 0.6) is 0 Å². The molecule has 0 spiro atoms. The third-order valence-corrected chi connectivity index (χ3v) is 8.57. The van der Waals surface area contributed by atoms with Crippen molar-refractivity contribution in [2.45, 2.75) is 26.8 Å². The number of fused-ring (bicyclic) bond motifs is 1. The van der Waals surface area contributed by atoms with Gasteiger partial charge in [0, 0.05) is 37.4 Å². The molecule has 0 atom stereocenters. The SMILES string of the molecule is CCOC(=O)CS(=O)(=O)N(Cc1ccc2ccc(C(=N)N)cc2c1)c1ccc(N2CCCN(C(C)=N)CC2)cc1.Cl.Cl. The summed E-state index contributed by atoms with van der Waals surface area (Å²) in [5.74, 6) is -1.05. The van der Waals surface area contributed by atoms with Gasteiger partial charge in [-0.05, 0) is 73.0 Å². The number of esters is 1. The summed E-state index contributed by atoms with van der Waals surface area (Å²) in [4.78, 5) is 16.5. The first-order valence-electron chi connectivity index (χ1n) is 13.3. The highest BCUT2D eigenvalue weighted by Crippen LogP contribution is 2.27. The van der Waals surface area contributed by atoms with Crippen LogP contribution in [-0.2, 0) is 26.1 Å². The molecule has 42 heavy (non-hydrogen) atoms. The van der Waals surface area contributed by atoms with Gasteiger partial charge in [-0.15, -0.1) is 24.8 Å². The van der Waals surface area contributed by atoms with Crippen LogP contribution in [0.2, 0.25) is 0 Å². The van der Waals surface area contributed by atoms with Crippen molar-refractivity contribution in [1.29, 1.82) is 10.8 Å². The van der Waals surface area contributed by atoms with Gasteiger partial charge in [-0.2, -0.15) is 0 Å². The molecule has 0 amide bonds. The Labute approximate surface area is 259 Å². The van der Waals surface area contributed by atoms with E-state index in [4.69, 9.17) is 21.3 Å². The molecule has 1 fully saturated rings. The van der Waals surface area contributed by atoms with Crippen LogP contribution >= 0.6 is 24.8 Å². The molecular formula is C29H38Cl2N6O4S. The second-order valence-electron chi connectivity index (χ2n) is 9.81. The fourth-order valence-electron chi connectivity index (χ4n) is 4.85. The number of nitrogen functional groups attached to an aromatic ring is 1. The molecule has 4 rings (SSSR count). The first-order valence-corrected chi connectivity index (χ1v) is 14.9. The number of benzene rings is 3. The zero-order valence-corrected chi connectivity index (χ0v) is 26.2. The van der Waals surface area contributed by atoms with E-state index < -0.39 is 21.7 Å². The Bertz CT molecular complexity index is 1520. The lowest BCUT2D eigenvalue weighted by Gasteiger charge is -2.27. The lowest BCUT2D eigenvalue weighted by atomic mass is 10.0. The molecule has 10 nitrogen and oxygen atoms in total. The lowest BCUT2D eigenvalue weighted by Crippen LogP contribution is -2.36. The van der Waals surface area contributed by atoms with Gasteiger partial charge in [0.15, 0.2) is 5.75 Å². The zero-order chi connectivity index (χ0) is 28.9. The number of carbonyl (C=O) groups is 1. The second-order valence-corrected chi connectivity index (χ2v) is 11.7. The standard InChI is InChI=1S/C29H36N6O4S.2ClH/c1-3-39-28(36)20-40(37,38)35(19-22-5-6-23-7-8-24(29(31)32)18-25(23)17-22)27-11-9-26(10-12-27)34-14-4-13-33(15-16-34)21(2)30;;/h5-12,17-18,30H,3-4,13-16,19-20H2,1-2H3,(H3,31,32);2*1H. The fourth-order valence-corrected chi connectivity index (χ4v) is 6.17. The van der Waals surface area contributed by atoms with Crippen LogP contribution in [0.1, 0.15) is 31.4 Å². The van der Waals surface area contributed by atoms with E-state index in [2.05, 4.69) is 9.80 Å². The summed E-state index contributed by atoms with van der Waals surface area (Å²) in [6.45, 7) is 6.74. The van der Waals surface area contributed by atoms with Gasteiger partial charge in [0.25, 0.3) is 0 Å². The number of carbonyl (C=O) groups excluding carboxylic acids is 1. The summed E-state index contributed by atoms with van der Waals surface area (Å²) in [7, 11) is -4.07. The number of rotatable bonds is 9. The molecule has 4 N–H and O–H groups in total. The monoisotopic (exact) mass is 636 g/mol. The van der Waals surface area contributed by atoms with E-state index in [-0.39, 0.29) is 43.8 Å². The Hall–Kier alpha value is -3.54. The van der Waals surface area contributed by atoms with Crippen molar-refractivity contribution in [3.05, 3.63) is 71.8 Å². The number of halogens is 2. The van der Waals surface area contributed by atoms with Crippen LogP contribution in [-0.4, -0.2) is 69.5 Å². The molecular weight excluding hydrogens is 599 g/mol. The fraction of sp³-hybridized carbons (Fsp3) is 0.345. The lowest BCUT2D eigenvalue weighted by molar-refractivity contribution is -0.139. The van der Waals surface area contributed by atoms with E-state index in [0.717, 1.165) is 54.6 Å². The number of ether oxygens (including phenoxy) is 1. The normalized spacial score (nSPS) is 13.4. The van der Waals surface area contributed by atoms with Crippen LogP contribution in [0.25, 0.3) is 10.8 Å². The smallest absolute Gasteiger partial charge is 0.323 e. The number of nitrogens with zero attached hydrogens (tertiary/aromatic N) is 3. The number of amidine groups is 2. The van der Waals surface area contributed by atoms with Crippen LogP contribution in [0.3, 0.4) is 0 Å². The topological polar surface area (TPSA) is 144 Å². The highest BCUT2D eigenvalue weighted by Gasteiger charge is 2.27. The Morgan fingerprint density at radius 3 is 2.29 bits per heavy atom. The van der Waals surface area contributed by atoms with Crippen molar-refractivity contribution in [1.82, 2.24) is 4.90 Å². The van der Waals surface area contributed by atoms with E-state index in [9.17, 15) is 13.2 Å². The van der Waals surface area contributed by atoms with Crippen molar-refractivity contribution in [2.75, 3.05) is 47.7 Å². The Morgan fingerprint density at radius 1 is 0.952 bits per heavy atom. The number of sulfonamides is 1. The maximum Gasteiger partial charge on any atom is 0.323 e. The molecule has 0 bridgehead atoms. The molecule has 0 aromatic heterocycles. The van der Waals surface area contributed by atoms with Crippen LogP contribution in [0.4, 0.5) is 11.4 Å². The van der Waals surface area contributed by atoms with E-state index in [1.54, 1.807) is 38.1 Å². The molecule has 3 aromatic rings. The van der Waals surface area contributed by atoms with E-state index >= 15 is 0 Å². The molecule has 13 heteroatoms. The van der Waals surface area contributed by atoms with Gasteiger partial charge in [0.05, 0.1) is 24.7 Å². The van der Waals surface area contributed by atoms with Crippen LogP contribution in [0.15, 0.2) is 60.7 Å². The van der Waals surface area contributed by atoms with Gasteiger partial charge in [0.1, 0.15) is 5.84 Å². The zero-order valence-electron chi connectivity index (χ0n) is 23.7. The third kappa shape index (κ3) is 8.50. The molecule has 0 saturated carbocycles. The number of anilines is 2. The Kier molecular flexibility index (Phi) is 12.4. The average molecular weight is 638 g/mol. The summed E-state index contributed by atoms with van der Waals surface area (Å²) in [6.07, 6.45) is 0.922.